The lowest BCUT2D eigenvalue weighted by atomic mass is 9.76. The van der Waals surface area contributed by atoms with Gasteiger partial charge in [0.2, 0.25) is 11.8 Å². The molecule has 2 aliphatic heterocycles. The molecule has 2 aromatic rings. The highest BCUT2D eigenvalue weighted by Gasteiger charge is 2.31. The van der Waals surface area contributed by atoms with Gasteiger partial charge in [-0.25, -0.2) is 0 Å². The van der Waals surface area contributed by atoms with Crippen LogP contribution in [0.25, 0.3) is 0 Å². The van der Waals surface area contributed by atoms with Crippen molar-refractivity contribution in [2.75, 3.05) is 0 Å². The first-order valence-electron chi connectivity index (χ1n) is 15.0. The van der Waals surface area contributed by atoms with Crippen molar-refractivity contribution >= 4 is 81.6 Å². The molecule has 0 bridgehead atoms. The average Bonchev–Trinajstić information content (AvgIpc) is 3.51. The van der Waals surface area contributed by atoms with Crippen LogP contribution in [0.3, 0.4) is 0 Å². The molecule has 2 atom stereocenters. The van der Waals surface area contributed by atoms with Gasteiger partial charge in [0.15, 0.2) is 10.3 Å². The van der Waals surface area contributed by atoms with E-state index in [1.54, 1.807) is 6.21 Å². The summed E-state index contributed by atoms with van der Waals surface area (Å²) in [5, 5.41) is 42.2. The average molecular weight is 711 g/mol. The highest BCUT2D eigenvalue weighted by atomic mass is 35.5. The number of carbonyl (C=O) groups is 4. The number of thioether (sulfide) groups is 2. The fourth-order valence-corrected chi connectivity index (χ4v) is 7.09. The van der Waals surface area contributed by atoms with Gasteiger partial charge in [0.1, 0.15) is 0 Å². The monoisotopic (exact) mass is 710 g/mol. The third-order valence-corrected chi connectivity index (χ3v) is 10.2. The quantitative estimate of drug-likeness (QED) is 0.248. The van der Waals surface area contributed by atoms with E-state index < -0.39 is 47.1 Å². The Hall–Kier alpha value is -4.01. The molecule has 0 aliphatic carbocycles. The summed E-state index contributed by atoms with van der Waals surface area (Å²) in [6.45, 7) is 10.8. The lowest BCUT2D eigenvalue weighted by molar-refractivity contribution is -0.306. The van der Waals surface area contributed by atoms with E-state index in [1.165, 1.54) is 11.8 Å². The first-order chi connectivity index (χ1) is 22.5. The van der Waals surface area contributed by atoms with Gasteiger partial charge in [-0.05, 0) is 58.1 Å². The molecule has 48 heavy (non-hydrogen) atoms. The number of carboxylic acids is 2. The van der Waals surface area contributed by atoms with Gasteiger partial charge in [0.25, 0.3) is 0 Å². The molecule has 15 heteroatoms. The van der Waals surface area contributed by atoms with Crippen LogP contribution in [0.1, 0.15) is 81.7 Å². The predicted molar refractivity (Wildman–Crippen MR) is 186 cm³/mol. The lowest BCUT2D eigenvalue weighted by Gasteiger charge is -2.28. The molecule has 2 unspecified atom stereocenters. The number of nitrogens with one attached hydrogen (secondary N) is 2. The number of hydrogen-bond donors (Lipinski definition) is 2. The Morgan fingerprint density at radius 3 is 1.94 bits per heavy atom. The van der Waals surface area contributed by atoms with Crippen LogP contribution in [0.4, 0.5) is 0 Å². The molecule has 0 aromatic heterocycles. The zero-order chi connectivity index (χ0) is 35.2. The molecule has 2 heterocycles. The van der Waals surface area contributed by atoms with E-state index in [0.717, 1.165) is 53.1 Å². The molecule has 2 aliphatic rings. The number of aryl methyl sites for hydroxylation is 1. The van der Waals surface area contributed by atoms with Crippen molar-refractivity contribution in [2.45, 2.75) is 81.6 Å². The predicted octanol–water partition coefficient (Wildman–Crippen LogP) is 2.67. The van der Waals surface area contributed by atoms with Crippen molar-refractivity contribution in [3.05, 3.63) is 69.2 Å². The fourth-order valence-electron chi connectivity index (χ4n) is 5.04. The number of nitrogens with zero attached hydrogens (tertiary/aromatic N) is 4. The van der Waals surface area contributed by atoms with Gasteiger partial charge in [0.05, 0.1) is 22.9 Å². The van der Waals surface area contributed by atoms with E-state index in [4.69, 9.17) is 11.6 Å². The number of carbonyl (C=O) groups excluding carboxylic acids is 4. The van der Waals surface area contributed by atoms with Gasteiger partial charge in [-0.2, -0.15) is 10.2 Å². The standard InChI is InChI=1S/C33H37ClN6O6S2/c1-32(2,3)22-9-6-18(16-35-39-30-37-28(45)24(47-30)14-26(41)42)12-19(22)10-11-33(4,5)21-8-7-20(23(34)13-21)17-36-40-31-38-29(46)25(48-31)15-27(43)44/h6-9,12-13,16-17,24-25H,10-11,14-15H2,1-5H3,(H,41,42)(H,43,44)(H,37,39,45)(H,38,40,46)/p-2/b35-16+,36-17+. The maximum Gasteiger partial charge on any atom is 0.239 e. The maximum atomic E-state index is 11.9. The maximum absolute atomic E-state index is 11.9. The molecule has 2 N–H and O–H groups in total. The van der Waals surface area contributed by atoms with Crippen LogP contribution in [-0.2, 0) is 36.4 Å². The Morgan fingerprint density at radius 1 is 0.854 bits per heavy atom. The molecule has 254 valence electrons. The fraction of sp³-hybridized carbons (Fsp3) is 0.394. The number of benzene rings is 2. The summed E-state index contributed by atoms with van der Waals surface area (Å²) in [7, 11) is 0. The van der Waals surface area contributed by atoms with Crippen LogP contribution < -0.4 is 20.8 Å². The molecule has 2 fully saturated rings. The number of rotatable bonds is 12. The van der Waals surface area contributed by atoms with Crippen LogP contribution >= 0.6 is 35.1 Å². The van der Waals surface area contributed by atoms with Crippen molar-refractivity contribution in [1.29, 1.82) is 0 Å². The van der Waals surface area contributed by atoms with E-state index in [1.807, 2.05) is 24.3 Å². The summed E-state index contributed by atoms with van der Waals surface area (Å²) in [4.78, 5) is 45.5. The molecule has 4 rings (SSSR count). The van der Waals surface area contributed by atoms with E-state index in [9.17, 15) is 29.4 Å². The summed E-state index contributed by atoms with van der Waals surface area (Å²) in [6.07, 6.45) is 3.85. The normalized spacial score (nSPS) is 20.3. The van der Waals surface area contributed by atoms with Crippen LogP contribution in [-0.4, -0.2) is 57.0 Å². The van der Waals surface area contributed by atoms with Gasteiger partial charge in [0, 0.05) is 35.4 Å². The molecule has 0 radical (unpaired) electrons. The topological polar surface area (TPSA) is 188 Å². The molecular formula is C33H35ClN6O6S2-2. The summed E-state index contributed by atoms with van der Waals surface area (Å²) >= 11 is 8.62. The number of hydrogen-bond acceptors (Lipinski definition) is 12. The minimum absolute atomic E-state index is 0.101. The van der Waals surface area contributed by atoms with Crippen molar-refractivity contribution in [2.24, 2.45) is 20.4 Å². The van der Waals surface area contributed by atoms with Crippen LogP contribution in [0.2, 0.25) is 5.02 Å². The van der Waals surface area contributed by atoms with E-state index in [2.05, 4.69) is 77.8 Å². The molecule has 2 aromatic carbocycles. The highest BCUT2D eigenvalue weighted by Crippen LogP contribution is 2.34. The second-order valence-corrected chi connectivity index (χ2v) is 15.7. The molecule has 0 spiro atoms. The minimum Gasteiger partial charge on any atom is -0.550 e. The first-order valence-corrected chi connectivity index (χ1v) is 17.2. The second kappa shape index (κ2) is 15.5. The minimum atomic E-state index is -1.31. The highest BCUT2D eigenvalue weighted by molar-refractivity contribution is 8.16. The second-order valence-electron chi connectivity index (χ2n) is 12.9. The Balaban J connectivity index is 1.44. The number of amides is 2. The smallest absolute Gasteiger partial charge is 0.239 e. The molecule has 0 saturated carbocycles. The van der Waals surface area contributed by atoms with Crippen LogP contribution in [0.5, 0.6) is 0 Å². The molecule has 2 amide bonds. The van der Waals surface area contributed by atoms with Gasteiger partial charge < -0.3 is 30.4 Å². The summed E-state index contributed by atoms with van der Waals surface area (Å²) in [5.41, 5.74) is 4.53. The number of aliphatic carboxylic acids is 2. The van der Waals surface area contributed by atoms with Gasteiger partial charge in [-0.15, -0.1) is 10.2 Å². The van der Waals surface area contributed by atoms with Crippen LogP contribution in [0.15, 0.2) is 56.8 Å². The van der Waals surface area contributed by atoms with Crippen molar-refractivity contribution in [1.82, 2.24) is 10.6 Å². The molecule has 2 saturated heterocycles. The zero-order valence-corrected chi connectivity index (χ0v) is 29.4. The third kappa shape index (κ3) is 10.0. The Morgan fingerprint density at radius 2 is 1.42 bits per heavy atom. The Bertz CT molecular complexity index is 1730. The van der Waals surface area contributed by atoms with E-state index in [-0.39, 0.29) is 21.2 Å². The van der Waals surface area contributed by atoms with Crippen molar-refractivity contribution in [3.8, 4) is 0 Å². The molecule has 12 nitrogen and oxygen atoms in total. The number of amidine groups is 2. The van der Waals surface area contributed by atoms with E-state index >= 15 is 0 Å². The Kier molecular flexibility index (Phi) is 11.9. The van der Waals surface area contributed by atoms with Crippen molar-refractivity contribution in [3.63, 3.8) is 0 Å². The van der Waals surface area contributed by atoms with E-state index in [0.29, 0.717) is 10.6 Å². The number of halogens is 1. The Labute approximate surface area is 292 Å². The third-order valence-electron chi connectivity index (χ3n) is 7.70. The summed E-state index contributed by atoms with van der Waals surface area (Å²) in [6, 6.07) is 11.9. The summed E-state index contributed by atoms with van der Waals surface area (Å²) in [5.74, 6) is -3.50. The zero-order valence-electron chi connectivity index (χ0n) is 27.0. The van der Waals surface area contributed by atoms with Gasteiger partial charge in [-0.1, -0.05) is 94.0 Å². The van der Waals surface area contributed by atoms with Crippen molar-refractivity contribution < 1.29 is 29.4 Å². The number of carboxylic acid groups (broad SMARTS) is 2. The van der Waals surface area contributed by atoms with Gasteiger partial charge in [-0.3, -0.25) is 9.59 Å². The lowest BCUT2D eigenvalue weighted by Crippen LogP contribution is -2.31. The summed E-state index contributed by atoms with van der Waals surface area (Å²) < 4.78 is 0. The molecular weight excluding hydrogens is 676 g/mol. The SMILES string of the molecule is CC(C)(C)c1ccc(/C=N/N=C2\NC(=O)C(CC(=O)[O-])S2)cc1CCC(C)(C)c1ccc(/C=N/N=C2\NC(=O)C(CC(=O)[O-])S2)c(Cl)c1. The van der Waals surface area contributed by atoms with Gasteiger partial charge >= 0.3 is 0 Å². The van der Waals surface area contributed by atoms with Crippen LogP contribution in [0, 0.1) is 0 Å². The largest absolute Gasteiger partial charge is 0.550 e. The first kappa shape index (κ1) is 36.8.